The standard InChI is InChI=1S/C21H28N4O2/c1-2-13-27-19-15-25(18-8-4-3-5-9-18)23-20(19)21(26)24(17-10-11-17)14-16-7-6-12-22-16/h3-5,8-9,15-17,22H,2,6-7,10-14H2,1H3. The van der Waals surface area contributed by atoms with Crippen LogP contribution in [0.4, 0.5) is 0 Å². The van der Waals surface area contributed by atoms with Crippen molar-refractivity contribution in [2.75, 3.05) is 19.7 Å². The monoisotopic (exact) mass is 368 g/mol. The van der Waals surface area contributed by atoms with Gasteiger partial charge >= 0.3 is 0 Å². The smallest absolute Gasteiger partial charge is 0.278 e. The highest BCUT2D eigenvalue weighted by Crippen LogP contribution is 2.31. The fraction of sp³-hybridized carbons (Fsp3) is 0.524. The van der Waals surface area contributed by atoms with Crippen LogP contribution in [0.1, 0.15) is 49.5 Å². The number of ether oxygens (including phenoxy) is 1. The fourth-order valence-corrected chi connectivity index (χ4v) is 3.61. The Labute approximate surface area is 160 Å². The van der Waals surface area contributed by atoms with Gasteiger partial charge in [0, 0.05) is 18.6 Å². The average molecular weight is 368 g/mol. The lowest BCUT2D eigenvalue weighted by Crippen LogP contribution is -2.42. The van der Waals surface area contributed by atoms with Gasteiger partial charge in [-0.25, -0.2) is 4.68 Å². The van der Waals surface area contributed by atoms with E-state index in [0.717, 1.165) is 44.5 Å². The number of carbonyl (C=O) groups is 1. The zero-order valence-electron chi connectivity index (χ0n) is 15.9. The van der Waals surface area contributed by atoms with Crippen LogP contribution in [0.3, 0.4) is 0 Å². The Hall–Kier alpha value is -2.34. The van der Waals surface area contributed by atoms with Gasteiger partial charge in [0.25, 0.3) is 5.91 Å². The quantitative estimate of drug-likeness (QED) is 0.778. The summed E-state index contributed by atoms with van der Waals surface area (Å²) in [5.74, 6) is 0.572. The molecule has 1 aliphatic heterocycles. The molecule has 2 aromatic rings. The fourth-order valence-electron chi connectivity index (χ4n) is 3.61. The molecule has 1 amide bonds. The first-order valence-corrected chi connectivity index (χ1v) is 10.1. The van der Waals surface area contributed by atoms with Crippen LogP contribution >= 0.6 is 0 Å². The summed E-state index contributed by atoms with van der Waals surface area (Å²) in [6.45, 7) is 4.44. The van der Waals surface area contributed by atoms with Crippen LogP contribution in [0.2, 0.25) is 0 Å². The molecule has 1 aromatic carbocycles. The normalized spacial score (nSPS) is 19.2. The van der Waals surface area contributed by atoms with Gasteiger partial charge in [-0.05, 0) is 50.8 Å². The summed E-state index contributed by atoms with van der Waals surface area (Å²) in [4.78, 5) is 15.4. The molecule has 1 aliphatic carbocycles. The lowest BCUT2D eigenvalue weighted by atomic mass is 10.2. The predicted molar refractivity (Wildman–Crippen MR) is 104 cm³/mol. The van der Waals surface area contributed by atoms with Gasteiger partial charge in [-0.1, -0.05) is 25.1 Å². The summed E-state index contributed by atoms with van der Waals surface area (Å²) in [6, 6.07) is 10.6. The SMILES string of the molecule is CCCOc1cn(-c2ccccc2)nc1C(=O)N(CC1CCCN1)C1CC1. The number of nitrogens with one attached hydrogen (secondary N) is 1. The average Bonchev–Trinajstić information content (AvgIpc) is 3.24. The first-order chi connectivity index (χ1) is 13.3. The number of hydrogen-bond acceptors (Lipinski definition) is 4. The second kappa shape index (κ2) is 8.13. The van der Waals surface area contributed by atoms with Crippen molar-refractivity contribution >= 4 is 5.91 Å². The van der Waals surface area contributed by atoms with Crippen molar-refractivity contribution in [2.45, 2.75) is 51.1 Å². The molecule has 144 valence electrons. The van der Waals surface area contributed by atoms with Gasteiger partial charge in [-0.15, -0.1) is 0 Å². The van der Waals surface area contributed by atoms with E-state index < -0.39 is 0 Å². The van der Waals surface area contributed by atoms with Crippen molar-refractivity contribution in [2.24, 2.45) is 0 Å². The van der Waals surface area contributed by atoms with Crippen molar-refractivity contribution in [3.8, 4) is 11.4 Å². The number of benzene rings is 1. The Balaban J connectivity index is 1.61. The van der Waals surface area contributed by atoms with Gasteiger partial charge in [0.05, 0.1) is 18.5 Å². The zero-order chi connectivity index (χ0) is 18.6. The number of hydrogen-bond donors (Lipinski definition) is 1. The molecule has 1 N–H and O–H groups in total. The van der Waals surface area contributed by atoms with E-state index >= 15 is 0 Å². The second-order valence-corrected chi connectivity index (χ2v) is 7.45. The van der Waals surface area contributed by atoms with Crippen LogP contribution in [0.5, 0.6) is 5.75 Å². The summed E-state index contributed by atoms with van der Waals surface area (Å²) in [7, 11) is 0. The van der Waals surface area contributed by atoms with Crippen LogP contribution in [-0.2, 0) is 0 Å². The van der Waals surface area contributed by atoms with Crippen LogP contribution in [0, 0.1) is 0 Å². The van der Waals surface area contributed by atoms with Crippen LogP contribution in [0.15, 0.2) is 36.5 Å². The topological polar surface area (TPSA) is 59.4 Å². The third-order valence-corrected chi connectivity index (χ3v) is 5.19. The third-order valence-electron chi connectivity index (χ3n) is 5.19. The molecular weight excluding hydrogens is 340 g/mol. The summed E-state index contributed by atoms with van der Waals surface area (Å²) < 4.78 is 7.63. The maximum atomic E-state index is 13.4. The van der Waals surface area contributed by atoms with Crippen molar-refractivity contribution in [1.82, 2.24) is 20.0 Å². The van der Waals surface area contributed by atoms with Gasteiger partial charge in [0.2, 0.25) is 0 Å². The number of aromatic nitrogens is 2. The highest BCUT2D eigenvalue weighted by Gasteiger charge is 2.37. The molecule has 1 unspecified atom stereocenters. The Morgan fingerprint density at radius 3 is 2.78 bits per heavy atom. The molecule has 1 saturated heterocycles. The number of rotatable bonds is 8. The minimum Gasteiger partial charge on any atom is -0.489 e. The molecule has 2 aliphatic rings. The molecule has 6 nitrogen and oxygen atoms in total. The van der Waals surface area contributed by atoms with Crippen LogP contribution in [-0.4, -0.2) is 52.4 Å². The number of carbonyl (C=O) groups excluding carboxylic acids is 1. The Morgan fingerprint density at radius 2 is 2.11 bits per heavy atom. The van der Waals surface area contributed by atoms with E-state index in [2.05, 4.69) is 17.3 Å². The molecule has 2 fully saturated rings. The molecule has 1 saturated carbocycles. The Morgan fingerprint density at radius 1 is 1.30 bits per heavy atom. The maximum Gasteiger partial charge on any atom is 0.278 e. The van der Waals surface area contributed by atoms with E-state index in [1.54, 1.807) is 4.68 Å². The lowest BCUT2D eigenvalue weighted by molar-refractivity contribution is 0.0717. The molecular formula is C21H28N4O2. The summed E-state index contributed by atoms with van der Waals surface area (Å²) in [5, 5.41) is 8.12. The van der Waals surface area contributed by atoms with Crippen LogP contribution < -0.4 is 10.1 Å². The molecule has 1 atom stereocenters. The van der Waals surface area contributed by atoms with E-state index in [-0.39, 0.29) is 5.91 Å². The lowest BCUT2D eigenvalue weighted by Gasteiger charge is -2.25. The van der Waals surface area contributed by atoms with Crippen LogP contribution in [0.25, 0.3) is 5.69 Å². The van der Waals surface area contributed by atoms with Crippen molar-refractivity contribution in [3.05, 3.63) is 42.2 Å². The summed E-state index contributed by atoms with van der Waals surface area (Å²) in [6.07, 6.45) is 7.21. The molecule has 0 bridgehead atoms. The number of para-hydroxylation sites is 1. The molecule has 1 aromatic heterocycles. The van der Waals surface area contributed by atoms with Gasteiger partial charge < -0.3 is 15.0 Å². The van der Waals surface area contributed by atoms with E-state index in [0.29, 0.717) is 30.1 Å². The van der Waals surface area contributed by atoms with Gasteiger partial charge in [0.15, 0.2) is 11.4 Å². The van der Waals surface area contributed by atoms with Crippen molar-refractivity contribution in [1.29, 1.82) is 0 Å². The Bertz CT molecular complexity index is 764. The molecule has 2 heterocycles. The molecule has 4 rings (SSSR count). The summed E-state index contributed by atoms with van der Waals surface area (Å²) in [5.41, 5.74) is 1.35. The number of amides is 1. The zero-order valence-corrected chi connectivity index (χ0v) is 15.9. The summed E-state index contributed by atoms with van der Waals surface area (Å²) >= 11 is 0. The van der Waals surface area contributed by atoms with Crippen molar-refractivity contribution in [3.63, 3.8) is 0 Å². The van der Waals surface area contributed by atoms with E-state index in [1.165, 1.54) is 6.42 Å². The number of nitrogens with zero attached hydrogens (tertiary/aromatic N) is 3. The van der Waals surface area contributed by atoms with Crippen molar-refractivity contribution < 1.29 is 9.53 Å². The van der Waals surface area contributed by atoms with E-state index in [9.17, 15) is 4.79 Å². The highest BCUT2D eigenvalue weighted by molar-refractivity contribution is 5.95. The molecule has 27 heavy (non-hydrogen) atoms. The predicted octanol–water partition coefficient (Wildman–Crippen LogP) is 3.02. The largest absolute Gasteiger partial charge is 0.489 e. The molecule has 0 spiro atoms. The minimum absolute atomic E-state index is 0.00742. The molecule has 6 heteroatoms. The third kappa shape index (κ3) is 4.16. The molecule has 0 radical (unpaired) electrons. The van der Waals surface area contributed by atoms with Gasteiger partial charge in [-0.2, -0.15) is 5.10 Å². The maximum absolute atomic E-state index is 13.4. The Kier molecular flexibility index (Phi) is 5.43. The first-order valence-electron chi connectivity index (χ1n) is 10.1. The first kappa shape index (κ1) is 18.0. The van der Waals surface area contributed by atoms with Gasteiger partial charge in [0.1, 0.15) is 0 Å². The highest BCUT2D eigenvalue weighted by atomic mass is 16.5. The van der Waals surface area contributed by atoms with E-state index in [4.69, 9.17) is 4.74 Å². The second-order valence-electron chi connectivity index (χ2n) is 7.45. The van der Waals surface area contributed by atoms with Gasteiger partial charge in [-0.3, -0.25) is 4.79 Å². The van der Waals surface area contributed by atoms with E-state index in [1.807, 2.05) is 41.4 Å². The minimum atomic E-state index is -0.00742.